The second-order valence-electron chi connectivity index (χ2n) is 6.12. The summed E-state index contributed by atoms with van der Waals surface area (Å²) in [6.07, 6.45) is 0. The molecule has 3 nitrogen and oxygen atoms in total. The number of rotatable bonds is 5. The Bertz CT molecular complexity index is 921. The molecular formula is C23H21NO2. The molecule has 3 aromatic carbocycles. The Morgan fingerprint density at radius 1 is 0.769 bits per heavy atom. The molecule has 0 unspecified atom stereocenters. The highest BCUT2D eigenvalue weighted by Crippen LogP contribution is 2.25. The largest absolute Gasteiger partial charge is 0.497 e. The quantitative estimate of drug-likeness (QED) is 0.465. The third-order valence-electron chi connectivity index (χ3n) is 4.28. The molecule has 0 aliphatic rings. The lowest BCUT2D eigenvalue weighted by molar-refractivity contribution is 0.106. The van der Waals surface area contributed by atoms with E-state index in [4.69, 9.17) is 9.73 Å². The van der Waals surface area contributed by atoms with Crippen molar-refractivity contribution in [3.05, 3.63) is 95.1 Å². The first-order valence-corrected chi connectivity index (χ1v) is 8.49. The van der Waals surface area contributed by atoms with E-state index in [-0.39, 0.29) is 5.78 Å². The molecule has 0 heterocycles. The van der Waals surface area contributed by atoms with Crippen LogP contribution in [0.4, 0.5) is 5.69 Å². The molecule has 130 valence electrons. The summed E-state index contributed by atoms with van der Waals surface area (Å²) in [5.41, 5.74) is 4.75. The van der Waals surface area contributed by atoms with Crippen molar-refractivity contribution in [2.45, 2.75) is 13.8 Å². The van der Waals surface area contributed by atoms with E-state index in [0.717, 1.165) is 28.1 Å². The molecule has 0 spiro atoms. The van der Waals surface area contributed by atoms with Gasteiger partial charge in [0.2, 0.25) is 5.78 Å². The Balaban J connectivity index is 2.12. The average Bonchev–Trinajstić information content (AvgIpc) is 2.68. The first-order valence-electron chi connectivity index (χ1n) is 8.49. The molecule has 0 bridgehead atoms. The van der Waals surface area contributed by atoms with Gasteiger partial charge in [-0.3, -0.25) is 4.79 Å². The number of aryl methyl sites for hydroxylation is 2. The summed E-state index contributed by atoms with van der Waals surface area (Å²) in [7, 11) is 1.61. The maximum atomic E-state index is 13.2. The van der Waals surface area contributed by atoms with Gasteiger partial charge in [-0.15, -0.1) is 0 Å². The Hall–Kier alpha value is -3.20. The lowest BCUT2D eigenvalue weighted by Crippen LogP contribution is -2.16. The molecule has 0 aromatic heterocycles. The number of hydrogen-bond donors (Lipinski definition) is 0. The number of carbonyl (C=O) groups is 1. The van der Waals surface area contributed by atoms with Gasteiger partial charge in [-0.1, -0.05) is 48.5 Å². The zero-order valence-electron chi connectivity index (χ0n) is 15.2. The molecule has 0 saturated heterocycles. The maximum absolute atomic E-state index is 13.2. The highest BCUT2D eigenvalue weighted by molar-refractivity contribution is 6.51. The molecule has 0 radical (unpaired) electrons. The third-order valence-corrected chi connectivity index (χ3v) is 4.28. The fourth-order valence-corrected chi connectivity index (χ4v) is 2.82. The maximum Gasteiger partial charge on any atom is 0.211 e. The second kappa shape index (κ2) is 7.79. The number of para-hydroxylation sites is 1. The number of carbonyl (C=O) groups excluding carboxylic acids is 1. The number of ether oxygens (including phenoxy) is 1. The highest BCUT2D eigenvalue weighted by atomic mass is 16.5. The zero-order valence-corrected chi connectivity index (χ0v) is 15.2. The number of nitrogens with zero attached hydrogens (tertiary/aromatic N) is 1. The highest BCUT2D eigenvalue weighted by Gasteiger charge is 2.17. The van der Waals surface area contributed by atoms with Crippen LogP contribution in [0, 0.1) is 13.8 Å². The van der Waals surface area contributed by atoms with Crippen LogP contribution in [-0.4, -0.2) is 18.6 Å². The van der Waals surface area contributed by atoms with E-state index in [2.05, 4.69) is 0 Å². The van der Waals surface area contributed by atoms with Crippen molar-refractivity contribution in [3.63, 3.8) is 0 Å². The standard InChI is InChI=1S/C23H21NO2/c1-16-8-7-9-17(2)21(16)24-22(18-10-5-4-6-11-18)23(25)19-12-14-20(26-3)15-13-19/h4-15H,1-3H3. The van der Waals surface area contributed by atoms with Crippen LogP contribution in [0.5, 0.6) is 5.75 Å². The van der Waals surface area contributed by atoms with Crippen LogP contribution in [0.15, 0.2) is 77.8 Å². The van der Waals surface area contributed by atoms with E-state index in [1.54, 1.807) is 31.4 Å². The predicted molar refractivity (Wildman–Crippen MR) is 106 cm³/mol. The van der Waals surface area contributed by atoms with Crippen molar-refractivity contribution in [3.8, 4) is 5.75 Å². The van der Waals surface area contributed by atoms with Gasteiger partial charge in [0.15, 0.2) is 0 Å². The van der Waals surface area contributed by atoms with Crippen molar-refractivity contribution in [1.82, 2.24) is 0 Å². The lowest BCUT2D eigenvalue weighted by atomic mass is 9.99. The number of hydrogen-bond acceptors (Lipinski definition) is 3. The fourth-order valence-electron chi connectivity index (χ4n) is 2.82. The molecular weight excluding hydrogens is 322 g/mol. The van der Waals surface area contributed by atoms with Crippen LogP contribution in [0.2, 0.25) is 0 Å². The van der Waals surface area contributed by atoms with E-state index in [9.17, 15) is 4.79 Å². The summed E-state index contributed by atoms with van der Waals surface area (Å²) in [5, 5.41) is 0. The predicted octanol–water partition coefficient (Wildman–Crippen LogP) is 5.32. The van der Waals surface area contributed by atoms with Crippen LogP contribution in [0.3, 0.4) is 0 Å². The summed E-state index contributed by atoms with van der Waals surface area (Å²) in [5.74, 6) is 0.607. The van der Waals surface area contributed by atoms with Gasteiger partial charge in [0.1, 0.15) is 11.5 Å². The molecule has 26 heavy (non-hydrogen) atoms. The normalized spacial score (nSPS) is 11.3. The SMILES string of the molecule is COc1ccc(C(=O)C(=Nc2c(C)cccc2C)c2ccccc2)cc1. The second-order valence-corrected chi connectivity index (χ2v) is 6.12. The summed E-state index contributed by atoms with van der Waals surface area (Å²) in [6, 6.07) is 22.7. The minimum Gasteiger partial charge on any atom is -0.497 e. The summed E-state index contributed by atoms with van der Waals surface area (Å²) >= 11 is 0. The minimum atomic E-state index is -0.110. The summed E-state index contributed by atoms with van der Waals surface area (Å²) in [4.78, 5) is 18.0. The molecule has 0 amide bonds. The molecule has 0 atom stereocenters. The van der Waals surface area contributed by atoms with Crippen molar-refractivity contribution >= 4 is 17.2 Å². The van der Waals surface area contributed by atoms with Gasteiger partial charge in [0.05, 0.1) is 12.8 Å². The van der Waals surface area contributed by atoms with Gasteiger partial charge >= 0.3 is 0 Å². The Kier molecular flexibility index (Phi) is 5.28. The minimum absolute atomic E-state index is 0.110. The molecule has 3 aromatic rings. The molecule has 3 heteroatoms. The molecule has 0 aliphatic heterocycles. The van der Waals surface area contributed by atoms with E-state index >= 15 is 0 Å². The van der Waals surface area contributed by atoms with Crippen molar-refractivity contribution in [2.24, 2.45) is 4.99 Å². The van der Waals surface area contributed by atoms with E-state index in [0.29, 0.717) is 11.3 Å². The summed E-state index contributed by atoms with van der Waals surface area (Å²) < 4.78 is 5.18. The van der Waals surface area contributed by atoms with Gasteiger partial charge in [-0.05, 0) is 49.2 Å². The Labute approximate surface area is 154 Å². The van der Waals surface area contributed by atoms with Crippen LogP contribution >= 0.6 is 0 Å². The number of aliphatic imine (C=N–C) groups is 1. The fraction of sp³-hybridized carbons (Fsp3) is 0.130. The third kappa shape index (κ3) is 3.72. The molecule has 0 saturated carbocycles. The molecule has 0 N–H and O–H groups in total. The van der Waals surface area contributed by atoms with Crippen molar-refractivity contribution < 1.29 is 9.53 Å². The van der Waals surface area contributed by atoms with E-state index in [1.807, 2.05) is 62.4 Å². The van der Waals surface area contributed by atoms with Crippen molar-refractivity contribution in [1.29, 1.82) is 0 Å². The van der Waals surface area contributed by atoms with Crippen LogP contribution in [0.25, 0.3) is 0 Å². The lowest BCUT2D eigenvalue weighted by Gasteiger charge is -2.10. The van der Waals surface area contributed by atoms with Gasteiger partial charge < -0.3 is 4.74 Å². The first kappa shape index (κ1) is 17.6. The number of ketones is 1. The topological polar surface area (TPSA) is 38.7 Å². The first-order chi connectivity index (χ1) is 12.6. The monoisotopic (exact) mass is 343 g/mol. The number of benzene rings is 3. The average molecular weight is 343 g/mol. The number of Topliss-reactive ketones (excluding diaryl/α,β-unsaturated/α-hetero) is 1. The Morgan fingerprint density at radius 3 is 1.96 bits per heavy atom. The molecule has 0 fully saturated rings. The number of methoxy groups -OCH3 is 1. The van der Waals surface area contributed by atoms with Crippen LogP contribution in [-0.2, 0) is 0 Å². The van der Waals surface area contributed by atoms with Gasteiger partial charge in [-0.25, -0.2) is 4.99 Å². The zero-order chi connectivity index (χ0) is 18.5. The van der Waals surface area contributed by atoms with Crippen LogP contribution < -0.4 is 4.74 Å². The molecule has 0 aliphatic carbocycles. The Morgan fingerprint density at radius 2 is 1.38 bits per heavy atom. The van der Waals surface area contributed by atoms with Gasteiger partial charge in [0.25, 0.3) is 0 Å². The van der Waals surface area contributed by atoms with Crippen molar-refractivity contribution in [2.75, 3.05) is 7.11 Å². The van der Waals surface area contributed by atoms with E-state index < -0.39 is 0 Å². The van der Waals surface area contributed by atoms with E-state index in [1.165, 1.54) is 0 Å². The van der Waals surface area contributed by atoms with Crippen LogP contribution in [0.1, 0.15) is 27.0 Å². The van der Waals surface area contributed by atoms with Gasteiger partial charge in [0, 0.05) is 11.1 Å². The summed E-state index contributed by atoms with van der Waals surface area (Å²) in [6.45, 7) is 4.01. The smallest absolute Gasteiger partial charge is 0.211 e. The van der Waals surface area contributed by atoms with Gasteiger partial charge in [-0.2, -0.15) is 0 Å². The molecule has 3 rings (SSSR count).